The van der Waals surface area contributed by atoms with Crippen molar-refractivity contribution in [2.45, 2.75) is 32.7 Å². The van der Waals surface area contributed by atoms with Gasteiger partial charge in [-0.1, -0.05) is 20.8 Å². The summed E-state index contributed by atoms with van der Waals surface area (Å²) in [5.41, 5.74) is 0.0300. The molecule has 0 unspecified atom stereocenters. The van der Waals surface area contributed by atoms with Crippen molar-refractivity contribution < 1.29 is 0 Å². The van der Waals surface area contributed by atoms with E-state index in [1.165, 1.54) is 4.57 Å². The van der Waals surface area contributed by atoms with Gasteiger partial charge in [-0.05, 0) is 6.07 Å². The van der Waals surface area contributed by atoms with Gasteiger partial charge in [-0.15, -0.1) is 10.2 Å². The Morgan fingerprint density at radius 2 is 1.96 bits per heavy atom. The zero-order chi connectivity index (χ0) is 17.5. The summed E-state index contributed by atoms with van der Waals surface area (Å²) in [4.78, 5) is 23.0. The van der Waals surface area contributed by atoms with E-state index in [0.29, 0.717) is 18.0 Å². The number of anilines is 1. The van der Waals surface area contributed by atoms with Crippen molar-refractivity contribution in [2.75, 3.05) is 11.9 Å². The highest BCUT2D eigenvalue weighted by atomic mass is 16.1. The van der Waals surface area contributed by atoms with Gasteiger partial charge in [0.15, 0.2) is 5.82 Å². The molecule has 0 atom stereocenters. The molecule has 0 aromatic carbocycles. The summed E-state index contributed by atoms with van der Waals surface area (Å²) in [5.74, 6) is 2.27. The van der Waals surface area contributed by atoms with Crippen molar-refractivity contribution in [1.29, 1.82) is 0 Å². The van der Waals surface area contributed by atoms with Crippen LogP contribution in [0, 0.1) is 0 Å². The van der Waals surface area contributed by atoms with Crippen molar-refractivity contribution >= 4 is 11.5 Å². The number of hydrogen-bond donors (Lipinski definition) is 0. The Balaban J connectivity index is 1.92. The molecule has 8 heteroatoms. The van der Waals surface area contributed by atoms with Gasteiger partial charge in [0.05, 0.1) is 6.54 Å². The summed E-state index contributed by atoms with van der Waals surface area (Å²) in [7, 11) is 3.62. The molecular weight excluding hydrogens is 306 g/mol. The average Bonchev–Trinajstić information content (AvgIpc) is 2.94. The van der Waals surface area contributed by atoms with Gasteiger partial charge in [0.25, 0.3) is 5.56 Å². The third-order valence-electron chi connectivity index (χ3n) is 3.80. The maximum Gasteiger partial charge on any atom is 0.295 e. The molecule has 0 fully saturated rings. The average molecular weight is 327 g/mol. The molecule has 24 heavy (non-hydrogen) atoms. The Morgan fingerprint density at radius 3 is 2.67 bits per heavy atom. The van der Waals surface area contributed by atoms with E-state index in [2.05, 4.69) is 40.9 Å². The molecule has 0 aliphatic rings. The zero-order valence-corrected chi connectivity index (χ0v) is 14.6. The molecule has 3 aromatic rings. The van der Waals surface area contributed by atoms with Gasteiger partial charge in [-0.25, -0.2) is 9.97 Å². The predicted molar refractivity (Wildman–Crippen MR) is 91.1 cm³/mol. The van der Waals surface area contributed by atoms with Crippen LogP contribution in [0.25, 0.3) is 5.65 Å². The minimum absolute atomic E-state index is 0.120. The van der Waals surface area contributed by atoms with E-state index in [1.54, 1.807) is 30.0 Å². The molecule has 0 N–H and O–H groups in total. The predicted octanol–water partition coefficient (Wildman–Crippen LogP) is 1.15. The molecule has 0 radical (unpaired) electrons. The van der Waals surface area contributed by atoms with E-state index in [-0.39, 0.29) is 11.0 Å². The van der Waals surface area contributed by atoms with Gasteiger partial charge in [0, 0.05) is 38.1 Å². The lowest BCUT2D eigenvalue weighted by Gasteiger charge is -2.21. The van der Waals surface area contributed by atoms with Crippen molar-refractivity contribution in [3.05, 3.63) is 46.7 Å². The van der Waals surface area contributed by atoms with Gasteiger partial charge < -0.3 is 9.47 Å². The van der Waals surface area contributed by atoms with E-state index in [9.17, 15) is 4.79 Å². The topological polar surface area (TPSA) is 81.2 Å². The molecule has 126 valence electrons. The molecule has 3 aromatic heterocycles. The first-order valence-electron chi connectivity index (χ1n) is 7.71. The maximum absolute atomic E-state index is 12.1. The number of nitrogens with zero attached hydrogens (tertiary/aromatic N) is 7. The summed E-state index contributed by atoms with van der Waals surface area (Å²) in [6, 6.07) is 1.86. The Bertz CT molecular complexity index is 935. The number of fused-ring (bicyclic) bond motifs is 1. The Hall–Kier alpha value is -2.77. The van der Waals surface area contributed by atoms with Gasteiger partial charge in [0.2, 0.25) is 5.65 Å². The Labute approximate surface area is 139 Å². The first kappa shape index (κ1) is 16.1. The van der Waals surface area contributed by atoms with Gasteiger partial charge in [-0.3, -0.25) is 9.20 Å². The van der Waals surface area contributed by atoms with Crippen molar-refractivity contribution in [3.63, 3.8) is 0 Å². The first-order valence-corrected chi connectivity index (χ1v) is 7.71. The molecule has 0 spiro atoms. The van der Waals surface area contributed by atoms with Crippen LogP contribution in [-0.4, -0.2) is 36.2 Å². The fraction of sp³-hybridized carbons (Fsp3) is 0.438. The van der Waals surface area contributed by atoms with E-state index in [4.69, 9.17) is 0 Å². The van der Waals surface area contributed by atoms with Gasteiger partial charge in [-0.2, -0.15) is 0 Å². The number of aromatic nitrogens is 6. The molecule has 8 nitrogen and oxygen atoms in total. The third kappa shape index (κ3) is 2.86. The van der Waals surface area contributed by atoms with Gasteiger partial charge in [0.1, 0.15) is 11.6 Å². The molecular formula is C16H21N7O. The molecule has 3 rings (SSSR count). The second-order valence-corrected chi connectivity index (χ2v) is 6.87. The summed E-state index contributed by atoms with van der Waals surface area (Å²) < 4.78 is 3.20. The zero-order valence-electron chi connectivity index (χ0n) is 14.6. The van der Waals surface area contributed by atoms with Crippen LogP contribution in [0.15, 0.2) is 29.5 Å². The van der Waals surface area contributed by atoms with Crippen LogP contribution in [0.2, 0.25) is 0 Å². The minimum Gasteiger partial charge on any atom is -0.352 e. The SMILES string of the molecule is CN(Cc1nnc2c(=O)n(C)ccn12)c1ccnc(C(C)(C)C)n1. The van der Waals surface area contributed by atoms with Crippen LogP contribution in [0.1, 0.15) is 32.4 Å². The summed E-state index contributed by atoms with van der Waals surface area (Å²) in [6.45, 7) is 6.71. The van der Waals surface area contributed by atoms with E-state index < -0.39 is 0 Å². The number of rotatable bonds is 3. The standard InChI is InChI=1S/C16H21N7O/c1-16(2,3)15-17-7-6-11(18-15)22(5)10-12-19-20-13-14(24)21(4)8-9-23(12)13/h6-9H,10H2,1-5H3. The lowest BCUT2D eigenvalue weighted by Crippen LogP contribution is -2.23. The molecule has 3 heterocycles. The third-order valence-corrected chi connectivity index (χ3v) is 3.80. The number of aryl methyl sites for hydroxylation is 1. The molecule has 0 aliphatic heterocycles. The minimum atomic E-state index is -0.170. The van der Waals surface area contributed by atoms with E-state index in [1.807, 2.05) is 18.0 Å². The van der Waals surface area contributed by atoms with Crippen LogP contribution in [0.3, 0.4) is 0 Å². The van der Waals surface area contributed by atoms with Crippen LogP contribution in [0.4, 0.5) is 5.82 Å². The largest absolute Gasteiger partial charge is 0.352 e. The van der Waals surface area contributed by atoms with Crippen LogP contribution < -0.4 is 10.5 Å². The first-order chi connectivity index (χ1) is 11.3. The summed E-state index contributed by atoms with van der Waals surface area (Å²) in [6.07, 6.45) is 5.25. The number of hydrogen-bond acceptors (Lipinski definition) is 6. The molecule has 0 aliphatic carbocycles. The second kappa shape index (κ2) is 5.70. The quantitative estimate of drug-likeness (QED) is 0.718. The fourth-order valence-corrected chi connectivity index (χ4v) is 2.34. The highest BCUT2D eigenvalue weighted by Crippen LogP contribution is 2.20. The fourth-order valence-electron chi connectivity index (χ4n) is 2.34. The van der Waals surface area contributed by atoms with Crippen molar-refractivity contribution in [1.82, 2.24) is 29.1 Å². The van der Waals surface area contributed by atoms with E-state index >= 15 is 0 Å². The second-order valence-electron chi connectivity index (χ2n) is 6.87. The summed E-state index contributed by atoms with van der Waals surface area (Å²) in [5, 5.41) is 8.15. The highest BCUT2D eigenvalue weighted by Gasteiger charge is 2.19. The van der Waals surface area contributed by atoms with Gasteiger partial charge >= 0.3 is 0 Å². The Morgan fingerprint density at radius 1 is 1.21 bits per heavy atom. The molecule has 0 saturated heterocycles. The van der Waals surface area contributed by atoms with Crippen LogP contribution in [-0.2, 0) is 19.0 Å². The van der Waals surface area contributed by atoms with Crippen LogP contribution in [0.5, 0.6) is 0 Å². The van der Waals surface area contributed by atoms with E-state index in [0.717, 1.165) is 11.6 Å². The van der Waals surface area contributed by atoms with Crippen molar-refractivity contribution in [3.8, 4) is 0 Å². The van der Waals surface area contributed by atoms with Crippen LogP contribution >= 0.6 is 0 Å². The Kier molecular flexibility index (Phi) is 3.82. The normalized spacial score (nSPS) is 11.9. The smallest absolute Gasteiger partial charge is 0.295 e. The van der Waals surface area contributed by atoms with Crippen molar-refractivity contribution in [2.24, 2.45) is 7.05 Å². The summed E-state index contributed by atoms with van der Waals surface area (Å²) >= 11 is 0. The monoisotopic (exact) mass is 327 g/mol. The lowest BCUT2D eigenvalue weighted by molar-refractivity contribution is 0.544. The molecule has 0 amide bonds. The highest BCUT2D eigenvalue weighted by molar-refractivity contribution is 5.39. The molecule has 0 bridgehead atoms. The molecule has 0 saturated carbocycles. The maximum atomic E-state index is 12.1. The lowest BCUT2D eigenvalue weighted by atomic mass is 9.96.